The average molecular weight is 872 g/mol. The van der Waals surface area contributed by atoms with Crippen LogP contribution >= 0.6 is 0 Å². The molecule has 0 spiro atoms. The molecule has 0 aliphatic rings. The topological polar surface area (TPSA) is 38.7 Å². The number of nitrogens with zero attached hydrogens (tertiary/aromatic N) is 3. The van der Waals surface area contributed by atoms with Crippen LogP contribution in [0.25, 0.3) is 77.6 Å². The summed E-state index contributed by atoms with van der Waals surface area (Å²) in [6.07, 6.45) is 5.51. The molecule has 54 heavy (non-hydrogen) atoms. The Morgan fingerprint density at radius 3 is 1.96 bits per heavy atom. The van der Waals surface area contributed by atoms with Gasteiger partial charge >= 0.3 is 0 Å². The van der Waals surface area contributed by atoms with Crippen LogP contribution in [-0.4, -0.2) is 15.0 Å². The Hall–Kier alpha value is -6.06. The number of pyridine rings is 3. The first-order chi connectivity index (χ1) is 26.0. The first kappa shape index (κ1) is 36.3. The van der Waals surface area contributed by atoms with Crippen molar-refractivity contribution < 1.29 is 20.1 Å². The quantitative estimate of drug-likeness (QED) is 0.128. The third-order valence-corrected chi connectivity index (χ3v) is 9.67. The molecular weight excluding hydrogens is 835 g/mol. The van der Waals surface area contributed by atoms with Gasteiger partial charge in [-0.1, -0.05) is 120 Å². The first-order valence-corrected chi connectivity index (χ1v) is 17.8. The molecule has 0 saturated carbocycles. The molecule has 9 rings (SSSR count). The van der Waals surface area contributed by atoms with Gasteiger partial charge in [-0.25, -0.2) is 0 Å². The molecule has 0 aliphatic carbocycles. The van der Waals surface area contributed by atoms with E-state index >= 15 is 0 Å². The minimum atomic E-state index is 0. The fraction of sp³-hybridized carbons (Fsp3) is 0.0600. The fourth-order valence-corrected chi connectivity index (χ4v) is 6.95. The number of aryl methyl sites for hydroxylation is 3. The van der Waals surface area contributed by atoms with Crippen molar-refractivity contribution in [3.63, 3.8) is 0 Å². The zero-order chi connectivity index (χ0) is 36.1. The van der Waals surface area contributed by atoms with E-state index in [1.54, 1.807) is 0 Å². The molecular formula is C50H37IrN3-2. The summed E-state index contributed by atoms with van der Waals surface area (Å²) in [4.78, 5) is 13.6. The monoisotopic (exact) mass is 872 g/mol. The Morgan fingerprint density at radius 1 is 0.444 bits per heavy atom. The maximum atomic E-state index is 4.69. The molecule has 6 aromatic carbocycles. The van der Waals surface area contributed by atoms with Gasteiger partial charge in [0.05, 0.1) is 5.52 Å². The zero-order valence-corrected chi connectivity index (χ0v) is 32.7. The van der Waals surface area contributed by atoms with Crippen LogP contribution in [0.4, 0.5) is 0 Å². The van der Waals surface area contributed by atoms with E-state index in [-0.39, 0.29) is 20.1 Å². The Morgan fingerprint density at radius 2 is 1.19 bits per heavy atom. The summed E-state index contributed by atoms with van der Waals surface area (Å²) in [7, 11) is 0. The van der Waals surface area contributed by atoms with Gasteiger partial charge in [-0.05, 0) is 88.6 Å². The number of fused-ring (bicyclic) bond motifs is 3. The van der Waals surface area contributed by atoms with Crippen LogP contribution in [0, 0.1) is 32.9 Å². The van der Waals surface area contributed by atoms with Crippen LogP contribution in [0.2, 0.25) is 0 Å². The van der Waals surface area contributed by atoms with Crippen molar-refractivity contribution in [2.24, 2.45) is 0 Å². The van der Waals surface area contributed by atoms with Gasteiger partial charge in [0.1, 0.15) is 0 Å². The summed E-state index contributed by atoms with van der Waals surface area (Å²) in [6.45, 7) is 6.49. The second-order valence-corrected chi connectivity index (χ2v) is 13.3. The summed E-state index contributed by atoms with van der Waals surface area (Å²) in [5.41, 5.74) is 15.9. The van der Waals surface area contributed by atoms with Crippen molar-refractivity contribution >= 4 is 21.7 Å². The van der Waals surface area contributed by atoms with Crippen LogP contribution in [0.3, 0.4) is 0 Å². The molecule has 0 fully saturated rings. The molecule has 0 amide bonds. The molecule has 0 N–H and O–H groups in total. The van der Waals surface area contributed by atoms with Crippen molar-refractivity contribution in [2.75, 3.05) is 0 Å². The Bertz CT molecular complexity index is 2630. The zero-order valence-electron chi connectivity index (χ0n) is 30.3. The summed E-state index contributed by atoms with van der Waals surface area (Å²) in [5, 5.41) is 3.68. The van der Waals surface area contributed by atoms with Gasteiger partial charge in [-0.2, -0.15) is 0 Å². The Kier molecular flexibility index (Phi) is 11.0. The second-order valence-electron chi connectivity index (χ2n) is 13.3. The van der Waals surface area contributed by atoms with Gasteiger partial charge < -0.3 is 9.97 Å². The summed E-state index contributed by atoms with van der Waals surface area (Å²) in [6, 6.07) is 59.2. The van der Waals surface area contributed by atoms with E-state index in [1.165, 1.54) is 60.7 Å². The van der Waals surface area contributed by atoms with E-state index in [2.05, 4.69) is 127 Å². The Labute approximate surface area is 330 Å². The van der Waals surface area contributed by atoms with Crippen molar-refractivity contribution in [2.45, 2.75) is 20.8 Å². The second kappa shape index (κ2) is 16.3. The van der Waals surface area contributed by atoms with Crippen LogP contribution in [0.15, 0.2) is 170 Å². The number of hydrogen-bond acceptors (Lipinski definition) is 3. The minimum absolute atomic E-state index is 0. The van der Waals surface area contributed by atoms with Crippen molar-refractivity contribution in [1.29, 1.82) is 0 Å². The SMILES string of the molecule is Cc1ccc2c(c1)c(-c1ccc(C)c(-c3cc(-c4ccccn4)[c-]cc3C)c1)cc1ncccc12.[Ir].[c-]1cccc(-c2ccccc2)c1-c1ccccn1. The van der Waals surface area contributed by atoms with Crippen LogP contribution in [-0.2, 0) is 20.1 Å². The number of aromatic nitrogens is 3. The smallest absolute Gasteiger partial charge is 0.0714 e. The Balaban J connectivity index is 0.000000200. The van der Waals surface area contributed by atoms with Crippen LogP contribution in [0.1, 0.15) is 16.7 Å². The molecule has 0 bridgehead atoms. The van der Waals surface area contributed by atoms with Gasteiger partial charge in [0.15, 0.2) is 0 Å². The molecule has 3 aromatic heterocycles. The van der Waals surface area contributed by atoms with E-state index in [9.17, 15) is 0 Å². The third-order valence-electron chi connectivity index (χ3n) is 9.67. The molecule has 0 aliphatic heterocycles. The summed E-state index contributed by atoms with van der Waals surface area (Å²) >= 11 is 0. The van der Waals surface area contributed by atoms with Crippen molar-refractivity contribution in [3.05, 3.63) is 199 Å². The molecule has 0 saturated heterocycles. The molecule has 1 radical (unpaired) electrons. The van der Waals surface area contributed by atoms with E-state index in [4.69, 9.17) is 0 Å². The van der Waals surface area contributed by atoms with Crippen molar-refractivity contribution in [3.8, 4) is 55.9 Å². The predicted molar refractivity (Wildman–Crippen MR) is 220 cm³/mol. The molecule has 4 heteroatoms. The first-order valence-electron chi connectivity index (χ1n) is 17.8. The summed E-state index contributed by atoms with van der Waals surface area (Å²) < 4.78 is 0. The molecule has 3 nitrogen and oxygen atoms in total. The number of rotatable bonds is 5. The van der Waals surface area contributed by atoms with Gasteiger partial charge in [-0.3, -0.25) is 4.98 Å². The molecule has 263 valence electrons. The predicted octanol–water partition coefficient (Wildman–Crippen LogP) is 12.7. The largest absolute Gasteiger partial charge is 0.305 e. The van der Waals surface area contributed by atoms with E-state index < -0.39 is 0 Å². The van der Waals surface area contributed by atoms with Crippen LogP contribution in [0.5, 0.6) is 0 Å². The summed E-state index contributed by atoms with van der Waals surface area (Å²) in [5.74, 6) is 0. The number of benzene rings is 6. The number of hydrogen-bond donors (Lipinski definition) is 0. The fourth-order valence-electron chi connectivity index (χ4n) is 6.95. The molecule has 9 aromatic rings. The maximum Gasteiger partial charge on any atom is 0.0714 e. The van der Waals surface area contributed by atoms with E-state index in [0.717, 1.165) is 33.6 Å². The molecule has 0 unspecified atom stereocenters. The van der Waals surface area contributed by atoms with Gasteiger partial charge in [-0.15, -0.1) is 59.2 Å². The van der Waals surface area contributed by atoms with Crippen molar-refractivity contribution in [1.82, 2.24) is 15.0 Å². The van der Waals surface area contributed by atoms with Gasteiger partial charge in [0, 0.05) is 44.1 Å². The maximum absolute atomic E-state index is 4.69. The minimum Gasteiger partial charge on any atom is -0.305 e. The standard InChI is InChI=1S/C33H25N2.C17H12N.Ir/c1-21-9-14-26-27-7-6-16-35-33(27)20-30(31(26)17-21)24-12-10-22(2)28(18-24)29-19-25(13-11-23(29)3)32-8-4-5-15-34-32;1-2-8-14(9-3-1)15-10-4-5-11-16(15)17-12-6-7-13-18-17;/h4-12,14-20H,1-3H3;1-10,12-13H;/q2*-1;. The molecule has 0 atom stereocenters. The molecule has 3 heterocycles. The third kappa shape index (κ3) is 7.54. The normalized spacial score (nSPS) is 10.7. The van der Waals surface area contributed by atoms with E-state index in [1.807, 2.05) is 91.4 Å². The van der Waals surface area contributed by atoms with Gasteiger partial charge in [0.25, 0.3) is 0 Å². The van der Waals surface area contributed by atoms with Gasteiger partial charge in [0.2, 0.25) is 0 Å². The van der Waals surface area contributed by atoms with E-state index in [0.29, 0.717) is 0 Å². The average Bonchev–Trinajstić information content (AvgIpc) is 3.22. The van der Waals surface area contributed by atoms with Crippen LogP contribution < -0.4 is 0 Å².